The van der Waals surface area contributed by atoms with Gasteiger partial charge in [0.15, 0.2) is 0 Å². The van der Waals surface area contributed by atoms with Crippen LogP contribution in [0.15, 0.2) is 36.5 Å². The Morgan fingerprint density at radius 3 is 1.65 bits per heavy atom. The summed E-state index contributed by atoms with van der Waals surface area (Å²) in [6.07, 6.45) is 41.5. The van der Waals surface area contributed by atoms with E-state index in [-0.39, 0.29) is 32.3 Å². The van der Waals surface area contributed by atoms with E-state index in [1.54, 1.807) is 0 Å². The molecule has 2 atom stereocenters. The third kappa shape index (κ3) is 37.8. The summed E-state index contributed by atoms with van der Waals surface area (Å²) >= 11 is 0. The molecule has 288 valence electrons. The molecule has 0 aliphatic heterocycles. The van der Waals surface area contributed by atoms with Crippen LogP contribution in [0.2, 0.25) is 0 Å². The zero-order valence-electron chi connectivity index (χ0n) is 31.7. The van der Waals surface area contributed by atoms with Crippen LogP contribution in [-0.2, 0) is 27.9 Å². The molecular weight excluding hydrogens is 637 g/mol. The second-order valence-electron chi connectivity index (χ2n) is 13.1. The Morgan fingerprint density at radius 2 is 1.08 bits per heavy atom. The maximum absolute atomic E-state index is 12.5. The van der Waals surface area contributed by atoms with E-state index in [0.29, 0.717) is 13.0 Å². The molecule has 49 heavy (non-hydrogen) atoms. The first kappa shape index (κ1) is 47.7. The van der Waals surface area contributed by atoms with Crippen molar-refractivity contribution in [1.82, 2.24) is 0 Å². The summed E-state index contributed by atoms with van der Waals surface area (Å²) in [6.45, 7) is 4.85. The van der Waals surface area contributed by atoms with Gasteiger partial charge < -0.3 is 20.1 Å². The third-order valence-corrected chi connectivity index (χ3v) is 9.26. The zero-order valence-corrected chi connectivity index (χ0v) is 32.6. The van der Waals surface area contributed by atoms with Gasteiger partial charge in [-0.1, -0.05) is 134 Å². The normalized spacial score (nSPS) is 14.0. The highest BCUT2D eigenvalue weighted by atomic mass is 31.2. The zero-order chi connectivity index (χ0) is 35.9. The Balaban J connectivity index is 4.10. The molecule has 0 bridgehead atoms. The van der Waals surface area contributed by atoms with E-state index in [9.17, 15) is 14.3 Å². The smallest absolute Gasteiger partial charge is 0.457 e. The van der Waals surface area contributed by atoms with Gasteiger partial charge in [0.05, 0.1) is 19.8 Å². The predicted molar refractivity (Wildman–Crippen MR) is 206 cm³/mol. The average molecular weight is 714 g/mol. The van der Waals surface area contributed by atoms with E-state index in [4.69, 9.17) is 24.3 Å². The van der Waals surface area contributed by atoms with E-state index in [2.05, 4.69) is 50.3 Å². The molecule has 0 aromatic heterocycles. The number of carbonyl (C=O) groups excluding carboxylic acids is 1. The van der Waals surface area contributed by atoms with Crippen molar-refractivity contribution in [3.8, 4) is 0 Å². The van der Waals surface area contributed by atoms with Gasteiger partial charge in [-0.3, -0.25) is 13.8 Å². The third-order valence-electron chi connectivity index (χ3n) is 8.28. The molecular formula is C40H76NO7P. The van der Waals surface area contributed by atoms with Crippen molar-refractivity contribution >= 4 is 13.8 Å². The molecule has 0 saturated carbocycles. The fourth-order valence-corrected chi connectivity index (χ4v) is 6.08. The Labute approximate surface area is 301 Å². The van der Waals surface area contributed by atoms with Gasteiger partial charge in [-0.05, 0) is 70.6 Å². The Kier molecular flexibility index (Phi) is 37.0. The quantitative estimate of drug-likeness (QED) is 0.0281. The number of unbranched alkanes of at least 4 members (excludes halogenated alkanes) is 19. The van der Waals surface area contributed by atoms with Crippen LogP contribution < -0.4 is 5.73 Å². The van der Waals surface area contributed by atoms with Crippen LogP contribution in [0.25, 0.3) is 0 Å². The maximum atomic E-state index is 12.5. The number of esters is 1. The molecule has 0 heterocycles. The molecule has 0 aromatic rings. The summed E-state index contributed by atoms with van der Waals surface area (Å²) in [4.78, 5) is 22.4. The van der Waals surface area contributed by atoms with Crippen molar-refractivity contribution in [2.45, 2.75) is 180 Å². The standard InChI is InChI=1S/C40H76NO7P/c1-3-5-7-9-11-13-15-17-19-20-22-24-26-28-30-32-35-45-37-39(38-47-49(43,44)46-36-34-41)48-40(42)33-31-29-27-25-23-21-18-16-14-12-10-8-6-4-2/h11,13,16-19,39H,3-10,12,14-15,20-38,41H2,1-2H3,(H,43,44)/b13-11-,18-16-,19-17-. The van der Waals surface area contributed by atoms with Crippen LogP contribution in [0.3, 0.4) is 0 Å². The molecule has 0 aromatic carbocycles. The van der Waals surface area contributed by atoms with E-state index < -0.39 is 13.9 Å². The minimum absolute atomic E-state index is 0.0967. The van der Waals surface area contributed by atoms with Gasteiger partial charge in [-0.15, -0.1) is 0 Å². The molecule has 8 nitrogen and oxygen atoms in total. The largest absolute Gasteiger partial charge is 0.472 e. The van der Waals surface area contributed by atoms with Gasteiger partial charge in [-0.25, -0.2) is 4.57 Å². The highest BCUT2D eigenvalue weighted by Gasteiger charge is 2.25. The van der Waals surface area contributed by atoms with Crippen molar-refractivity contribution in [3.05, 3.63) is 36.5 Å². The summed E-state index contributed by atoms with van der Waals surface area (Å²) < 4.78 is 33.3. The van der Waals surface area contributed by atoms with Gasteiger partial charge in [0.1, 0.15) is 6.10 Å². The minimum Gasteiger partial charge on any atom is -0.457 e. The fraction of sp³-hybridized carbons (Fsp3) is 0.825. The van der Waals surface area contributed by atoms with Gasteiger partial charge in [0.25, 0.3) is 0 Å². The van der Waals surface area contributed by atoms with E-state index in [1.807, 2.05) is 0 Å². The molecule has 0 rings (SSSR count). The number of phosphoric ester groups is 1. The molecule has 0 amide bonds. The number of rotatable bonds is 38. The molecule has 3 N–H and O–H groups in total. The van der Waals surface area contributed by atoms with Gasteiger partial charge in [0.2, 0.25) is 0 Å². The summed E-state index contributed by atoms with van der Waals surface area (Å²) in [5, 5.41) is 0. The lowest BCUT2D eigenvalue weighted by Crippen LogP contribution is -2.28. The monoisotopic (exact) mass is 714 g/mol. The summed E-state index contributed by atoms with van der Waals surface area (Å²) in [7, 11) is -4.28. The number of hydrogen-bond acceptors (Lipinski definition) is 7. The summed E-state index contributed by atoms with van der Waals surface area (Å²) in [5.74, 6) is -0.344. The summed E-state index contributed by atoms with van der Waals surface area (Å²) in [5.41, 5.74) is 5.35. The number of nitrogens with two attached hydrogens (primary N) is 1. The number of carbonyl (C=O) groups is 1. The van der Waals surface area contributed by atoms with Crippen molar-refractivity contribution in [3.63, 3.8) is 0 Å². The van der Waals surface area contributed by atoms with Crippen LogP contribution in [0.5, 0.6) is 0 Å². The van der Waals surface area contributed by atoms with Gasteiger partial charge in [-0.2, -0.15) is 0 Å². The van der Waals surface area contributed by atoms with Crippen molar-refractivity contribution in [2.24, 2.45) is 5.73 Å². The predicted octanol–water partition coefficient (Wildman–Crippen LogP) is 11.5. The molecule has 0 spiro atoms. The number of ether oxygens (including phenoxy) is 2. The highest BCUT2D eigenvalue weighted by Crippen LogP contribution is 2.43. The maximum Gasteiger partial charge on any atom is 0.472 e. The molecule has 0 aliphatic carbocycles. The van der Waals surface area contributed by atoms with E-state index in [1.165, 1.54) is 89.9 Å². The minimum atomic E-state index is -4.28. The lowest BCUT2D eigenvalue weighted by molar-refractivity contribution is -0.154. The number of phosphoric acid groups is 1. The van der Waals surface area contributed by atoms with Gasteiger partial charge >= 0.3 is 13.8 Å². The number of hydrogen-bond donors (Lipinski definition) is 2. The fourth-order valence-electron chi connectivity index (χ4n) is 5.31. The topological polar surface area (TPSA) is 117 Å². The first-order valence-corrected chi connectivity index (χ1v) is 21.5. The van der Waals surface area contributed by atoms with E-state index in [0.717, 1.165) is 64.2 Å². The molecule has 9 heteroatoms. The van der Waals surface area contributed by atoms with Crippen LogP contribution in [0, 0.1) is 0 Å². The molecule has 0 radical (unpaired) electrons. The van der Waals surface area contributed by atoms with Crippen LogP contribution >= 0.6 is 7.82 Å². The second-order valence-corrected chi connectivity index (χ2v) is 14.6. The molecule has 0 fully saturated rings. The first-order chi connectivity index (χ1) is 23.9. The van der Waals surface area contributed by atoms with Crippen molar-refractivity contribution in [1.29, 1.82) is 0 Å². The highest BCUT2D eigenvalue weighted by molar-refractivity contribution is 7.47. The Morgan fingerprint density at radius 1 is 0.612 bits per heavy atom. The van der Waals surface area contributed by atoms with Crippen LogP contribution in [0.1, 0.15) is 174 Å². The van der Waals surface area contributed by atoms with Gasteiger partial charge in [0, 0.05) is 19.6 Å². The molecule has 0 aliphatic rings. The first-order valence-electron chi connectivity index (χ1n) is 20.0. The lowest BCUT2D eigenvalue weighted by Gasteiger charge is -2.20. The van der Waals surface area contributed by atoms with Crippen LogP contribution in [0.4, 0.5) is 0 Å². The second kappa shape index (κ2) is 38.0. The molecule has 2 unspecified atom stereocenters. The SMILES string of the molecule is CCCCC/C=C\C/C=C\CCCCCCCCOCC(COP(=O)(O)OCCN)OC(=O)CCCCCCC/C=C\CCCCCCC. The summed E-state index contributed by atoms with van der Waals surface area (Å²) in [6, 6.07) is 0. The average Bonchev–Trinajstić information content (AvgIpc) is 3.09. The van der Waals surface area contributed by atoms with Crippen molar-refractivity contribution < 1.29 is 32.8 Å². The molecule has 0 saturated heterocycles. The Hall–Kier alpha value is -1.28. The van der Waals surface area contributed by atoms with Crippen LogP contribution in [-0.4, -0.2) is 49.9 Å². The Bertz CT molecular complexity index is 848. The number of allylic oxidation sites excluding steroid dienone is 6. The van der Waals surface area contributed by atoms with E-state index >= 15 is 0 Å². The van der Waals surface area contributed by atoms with Crippen molar-refractivity contribution in [2.75, 3.05) is 33.0 Å². The lowest BCUT2D eigenvalue weighted by atomic mass is 10.1.